The van der Waals surface area contributed by atoms with Gasteiger partial charge in [0.25, 0.3) is 0 Å². The van der Waals surface area contributed by atoms with E-state index in [2.05, 4.69) is 22.4 Å². The fraction of sp³-hybridized carbons (Fsp3) is 0.667. The zero-order valence-corrected chi connectivity index (χ0v) is 17.2. The Kier molecular flexibility index (Phi) is 15.2. The molecule has 3 atom stereocenters. The van der Waals surface area contributed by atoms with Crippen LogP contribution < -0.4 is 37.7 Å². The summed E-state index contributed by atoms with van der Waals surface area (Å²) in [6, 6.07) is -1.71. The van der Waals surface area contributed by atoms with Gasteiger partial charge in [-0.05, 0) is 31.5 Å². The van der Waals surface area contributed by atoms with E-state index < -0.39 is 62.1 Å². The summed E-state index contributed by atoms with van der Waals surface area (Å²) in [5.41, 5.74) is 0. The number of aliphatic imine (C=N–C) groups is 1. The number of hydrogen-bond acceptors (Lipinski definition) is 8. The van der Waals surface area contributed by atoms with Gasteiger partial charge < -0.3 is 23.3 Å². The van der Waals surface area contributed by atoms with Crippen molar-refractivity contribution in [3.05, 3.63) is 0 Å². The minimum Gasteiger partial charge on any atom is -1.00 e. The van der Waals surface area contributed by atoms with Gasteiger partial charge in [-0.1, -0.05) is 0 Å². The largest absolute Gasteiger partial charge is 1.00 e. The molecule has 14 heteroatoms. The van der Waals surface area contributed by atoms with Crippen LogP contribution in [0.4, 0.5) is 0 Å². The Balaban J connectivity index is -0.000000911. The first-order valence-corrected chi connectivity index (χ1v) is 8.47. The molecule has 1 aliphatic rings. The van der Waals surface area contributed by atoms with Crippen LogP contribution in [0.25, 0.3) is 0 Å². The molecule has 0 aromatic heterocycles. The Morgan fingerprint density at radius 3 is 1.55 bits per heavy atom. The van der Waals surface area contributed by atoms with Crippen LogP contribution in [0.15, 0.2) is 4.99 Å². The van der Waals surface area contributed by atoms with Crippen molar-refractivity contribution in [3.8, 4) is 0 Å². The monoisotopic (exact) mass is 419 g/mol. The van der Waals surface area contributed by atoms with Crippen molar-refractivity contribution >= 4 is 41.3 Å². The number of carboxylic acids is 4. The van der Waals surface area contributed by atoms with Crippen molar-refractivity contribution in [2.75, 3.05) is 26.2 Å². The van der Waals surface area contributed by atoms with Crippen molar-refractivity contribution in [2.24, 2.45) is 4.99 Å². The maximum Gasteiger partial charge on any atom is 1.00 e. The van der Waals surface area contributed by atoms with Gasteiger partial charge in [0.05, 0.1) is 37.4 Å². The molecule has 3 unspecified atom stereocenters. The van der Waals surface area contributed by atoms with Crippen LogP contribution in [-0.4, -0.2) is 104 Å². The number of carboxylic acid groups (broad SMARTS) is 4. The second-order valence-electron chi connectivity index (χ2n) is 6.21. The smallest absolute Gasteiger partial charge is 1.00 e. The summed E-state index contributed by atoms with van der Waals surface area (Å²) in [6.45, 7) is -2.31. The molecule has 4 N–H and O–H groups in total. The summed E-state index contributed by atoms with van der Waals surface area (Å²) in [6.07, 6.45) is 0.991. The molecule has 0 aliphatic heterocycles. The van der Waals surface area contributed by atoms with Gasteiger partial charge in [-0.15, -0.1) is 0 Å². The van der Waals surface area contributed by atoms with Crippen LogP contribution in [0, 0.1) is 0 Å². The molecule has 0 aromatic rings. The molecule has 29 heavy (non-hydrogen) atoms. The van der Waals surface area contributed by atoms with Crippen LogP contribution in [0.3, 0.4) is 0 Å². The molecule has 11 nitrogen and oxygen atoms in total. The zero-order chi connectivity index (χ0) is 20.6. The van der Waals surface area contributed by atoms with Crippen LogP contribution in [0.1, 0.15) is 22.1 Å². The molecule has 0 heterocycles. The molecule has 0 amide bonds. The predicted octanol–water partition coefficient (Wildman–Crippen LogP) is -6.45. The van der Waals surface area contributed by atoms with Crippen LogP contribution in [-0.2, 0) is 19.2 Å². The Labute approximate surface area is 199 Å². The number of hydrogen-bond donors (Lipinski definition) is 4. The molecule has 154 valence electrons. The Hall–Kier alpha value is -1.21. The molecule has 1 rings (SSSR count). The summed E-state index contributed by atoms with van der Waals surface area (Å²) in [4.78, 5) is 51.1. The molecule has 0 saturated heterocycles. The zero-order valence-electron chi connectivity index (χ0n) is 18.4. The Morgan fingerprint density at radius 2 is 1.21 bits per heavy atom. The van der Waals surface area contributed by atoms with E-state index in [9.17, 15) is 19.2 Å². The van der Waals surface area contributed by atoms with Crippen molar-refractivity contribution in [1.29, 1.82) is 0 Å². The number of nitrogens with zero attached hydrogens (tertiary/aromatic N) is 3. The van der Waals surface area contributed by atoms with Gasteiger partial charge in [-0.25, -0.2) is 4.99 Å². The summed E-state index contributed by atoms with van der Waals surface area (Å²) < 4.78 is 0. The van der Waals surface area contributed by atoms with Gasteiger partial charge in [0.2, 0.25) is 0 Å². The molecule has 0 bridgehead atoms. The Morgan fingerprint density at radius 1 is 0.828 bits per heavy atom. The number of carbonyl (C=O) groups is 4. The number of aliphatic carboxylic acids is 4. The van der Waals surface area contributed by atoms with Crippen molar-refractivity contribution < 1.29 is 80.2 Å². The summed E-state index contributed by atoms with van der Waals surface area (Å²) >= 11 is 4.59. The first-order valence-electron chi connectivity index (χ1n) is 8.06. The first-order chi connectivity index (χ1) is 12.6. The van der Waals surface area contributed by atoms with E-state index in [0.29, 0.717) is 12.8 Å². The fourth-order valence-electron chi connectivity index (χ4n) is 3.40. The topological polar surface area (TPSA) is 168 Å². The van der Waals surface area contributed by atoms with E-state index in [-0.39, 0.29) is 53.0 Å². The Bertz CT molecular complexity index is 626. The minimum absolute atomic E-state index is 0. The van der Waals surface area contributed by atoms with Gasteiger partial charge in [0, 0.05) is 12.1 Å². The summed E-state index contributed by atoms with van der Waals surface area (Å²) in [7, 11) is 0. The van der Waals surface area contributed by atoms with E-state index in [1.165, 1.54) is 9.80 Å². The maximum absolute atomic E-state index is 11.2. The summed E-state index contributed by atoms with van der Waals surface area (Å²) in [5, 5.41) is 38.7. The fourth-order valence-corrected chi connectivity index (χ4v) is 3.54. The quantitative estimate of drug-likeness (QED) is 0.143. The van der Waals surface area contributed by atoms with E-state index in [1.54, 1.807) is 0 Å². The molecule has 0 aromatic carbocycles. The molecule has 1 fully saturated rings. The SMILES string of the molecule is O=C(O)CN(CC(=O)O)C1CCC(N=C=S)CC1N(CC(=O)O)CC(=O)O.[H-].[H-].[Li+].[Li+]. The van der Waals surface area contributed by atoms with Crippen LogP contribution >= 0.6 is 12.2 Å². The van der Waals surface area contributed by atoms with Crippen LogP contribution in [0.2, 0.25) is 0 Å². The number of rotatable bonds is 11. The molecule has 0 spiro atoms. The second kappa shape index (κ2) is 14.7. The predicted molar refractivity (Wildman–Crippen MR) is 96.2 cm³/mol. The van der Waals surface area contributed by atoms with E-state index in [0.717, 1.165) is 0 Å². The standard InChI is InChI=1S/C15H21N3O8S.2Li.2H/c19-12(20)4-17(5-13(21)22)10-2-1-9(16-8-27)3-11(10)18(6-14(23)24)7-15(25)26;;;;/h9-11H,1-7H2,(H,19,20)(H,21,22)(H,23,24)(H,25,26);;;;/q;2*+1;2*-1. The molecule has 0 radical (unpaired) electrons. The molecular formula is C15H23Li2N3O8S. The third-order valence-corrected chi connectivity index (χ3v) is 4.39. The summed E-state index contributed by atoms with van der Waals surface area (Å²) in [5.74, 6) is -4.98. The van der Waals surface area contributed by atoms with Crippen molar-refractivity contribution in [2.45, 2.75) is 37.4 Å². The second-order valence-corrected chi connectivity index (χ2v) is 6.39. The number of isothiocyanates is 1. The average molecular weight is 419 g/mol. The van der Waals surface area contributed by atoms with Crippen LogP contribution in [0.5, 0.6) is 0 Å². The van der Waals surface area contributed by atoms with E-state index in [4.69, 9.17) is 20.4 Å². The third kappa shape index (κ3) is 10.9. The van der Waals surface area contributed by atoms with E-state index in [1.807, 2.05) is 0 Å². The van der Waals surface area contributed by atoms with Gasteiger partial charge in [0.15, 0.2) is 0 Å². The molecule has 1 aliphatic carbocycles. The van der Waals surface area contributed by atoms with Gasteiger partial charge in [-0.3, -0.25) is 29.0 Å². The number of thiocarbonyl (C=S) groups is 1. The third-order valence-electron chi connectivity index (χ3n) is 4.28. The first kappa shape index (κ1) is 30.0. The maximum atomic E-state index is 11.2. The average Bonchev–Trinajstić information content (AvgIpc) is 2.52. The van der Waals surface area contributed by atoms with Gasteiger partial charge >= 0.3 is 61.6 Å². The van der Waals surface area contributed by atoms with Crippen molar-refractivity contribution in [3.63, 3.8) is 0 Å². The molecular weight excluding hydrogens is 396 g/mol. The van der Waals surface area contributed by atoms with Gasteiger partial charge in [0.1, 0.15) is 0 Å². The minimum atomic E-state index is -1.25. The normalized spacial score (nSPS) is 20.7. The van der Waals surface area contributed by atoms with E-state index >= 15 is 0 Å². The van der Waals surface area contributed by atoms with Gasteiger partial charge in [-0.2, -0.15) is 0 Å². The van der Waals surface area contributed by atoms with Crippen molar-refractivity contribution in [1.82, 2.24) is 9.80 Å². The molecule has 1 saturated carbocycles.